The maximum Gasteiger partial charge on any atom is 0.0393 e. The van der Waals surface area contributed by atoms with E-state index < -0.39 is 0 Å². The summed E-state index contributed by atoms with van der Waals surface area (Å²) < 4.78 is 0. The highest BCUT2D eigenvalue weighted by Crippen LogP contribution is 2.58. The van der Waals surface area contributed by atoms with Crippen LogP contribution in [-0.4, -0.2) is 12.0 Å². The molecule has 0 aromatic carbocycles. The van der Waals surface area contributed by atoms with Gasteiger partial charge >= 0.3 is 0 Å². The van der Waals surface area contributed by atoms with E-state index in [1.165, 1.54) is 6.42 Å². The van der Waals surface area contributed by atoms with Gasteiger partial charge in [0.2, 0.25) is 0 Å². The smallest absolute Gasteiger partial charge is 0.0393 e. The first-order valence-corrected chi connectivity index (χ1v) is 5.43. The molecule has 2 atom stereocenters. The van der Waals surface area contributed by atoms with Crippen LogP contribution in [0, 0.1) is 11.3 Å². The maximum atomic E-state index is 5.97. The minimum Gasteiger partial charge on any atom is -0.398 e. The van der Waals surface area contributed by atoms with E-state index in [0.717, 1.165) is 11.3 Å². The summed E-state index contributed by atoms with van der Waals surface area (Å²) in [5.74, 6) is 0.675. The van der Waals surface area contributed by atoms with Crippen molar-refractivity contribution in [1.82, 2.24) is 10.3 Å². The number of aromatic nitrogens is 1. The summed E-state index contributed by atoms with van der Waals surface area (Å²) in [7, 11) is 1.99. The SMILES string of the molecule is CNC(c1cnccc1N)C1CC1(C)C. The highest BCUT2D eigenvalue weighted by Gasteiger charge is 2.50. The third kappa shape index (κ3) is 1.84. The highest BCUT2D eigenvalue weighted by molar-refractivity contribution is 5.47. The standard InChI is InChI=1S/C12H19N3/c1-12(2)6-9(12)11(14-3)8-7-15-5-4-10(8)13/h4-5,7,9,11,14H,6H2,1-3H3,(H2,13,15). The van der Waals surface area contributed by atoms with Crippen molar-refractivity contribution in [3.63, 3.8) is 0 Å². The quantitative estimate of drug-likeness (QED) is 0.793. The van der Waals surface area contributed by atoms with E-state index in [-0.39, 0.29) is 0 Å². The molecule has 0 aliphatic heterocycles. The molecular weight excluding hydrogens is 186 g/mol. The Morgan fingerprint density at radius 3 is 2.73 bits per heavy atom. The van der Waals surface area contributed by atoms with Gasteiger partial charge in [-0.05, 0) is 30.9 Å². The van der Waals surface area contributed by atoms with E-state index >= 15 is 0 Å². The Balaban J connectivity index is 2.25. The number of rotatable bonds is 3. The number of pyridine rings is 1. The van der Waals surface area contributed by atoms with E-state index in [1.54, 1.807) is 6.20 Å². The molecule has 0 saturated heterocycles. The number of nitrogens with one attached hydrogen (secondary N) is 1. The predicted octanol–water partition coefficient (Wildman–Crippen LogP) is 1.97. The number of hydrogen-bond donors (Lipinski definition) is 2. The second kappa shape index (κ2) is 3.49. The molecule has 3 nitrogen and oxygen atoms in total. The molecule has 0 amide bonds. The molecule has 1 saturated carbocycles. The molecule has 1 aliphatic carbocycles. The lowest BCUT2D eigenvalue weighted by Crippen LogP contribution is -2.21. The van der Waals surface area contributed by atoms with Gasteiger partial charge in [-0.15, -0.1) is 0 Å². The van der Waals surface area contributed by atoms with Gasteiger partial charge < -0.3 is 11.1 Å². The van der Waals surface area contributed by atoms with Crippen LogP contribution < -0.4 is 11.1 Å². The van der Waals surface area contributed by atoms with Gasteiger partial charge in [0.05, 0.1) is 0 Å². The second-order valence-corrected chi connectivity index (χ2v) is 5.07. The van der Waals surface area contributed by atoms with E-state index in [0.29, 0.717) is 17.4 Å². The minimum absolute atomic E-state index is 0.341. The van der Waals surface area contributed by atoms with Crippen LogP contribution in [-0.2, 0) is 0 Å². The number of nitrogens with zero attached hydrogens (tertiary/aromatic N) is 1. The molecule has 15 heavy (non-hydrogen) atoms. The molecule has 1 heterocycles. The van der Waals surface area contributed by atoms with E-state index in [2.05, 4.69) is 24.1 Å². The summed E-state index contributed by atoms with van der Waals surface area (Å²) in [6, 6.07) is 2.21. The first kappa shape index (κ1) is 10.4. The molecule has 2 rings (SSSR count). The maximum absolute atomic E-state index is 5.97. The van der Waals surface area contributed by atoms with Crippen molar-refractivity contribution in [3.8, 4) is 0 Å². The molecule has 1 aromatic heterocycles. The zero-order chi connectivity index (χ0) is 11.1. The van der Waals surface area contributed by atoms with Gasteiger partial charge in [0.1, 0.15) is 0 Å². The number of nitrogen functional groups attached to an aromatic ring is 1. The average Bonchev–Trinajstić information content (AvgIpc) is 2.80. The molecule has 3 heteroatoms. The molecule has 0 radical (unpaired) electrons. The van der Waals surface area contributed by atoms with Crippen LogP contribution in [0.5, 0.6) is 0 Å². The lowest BCUT2D eigenvalue weighted by atomic mass is 9.97. The van der Waals surface area contributed by atoms with Crippen molar-refractivity contribution in [2.24, 2.45) is 11.3 Å². The Kier molecular flexibility index (Phi) is 2.43. The fourth-order valence-electron chi connectivity index (χ4n) is 2.33. The lowest BCUT2D eigenvalue weighted by Gasteiger charge is -2.19. The van der Waals surface area contributed by atoms with Crippen LogP contribution in [0.25, 0.3) is 0 Å². The summed E-state index contributed by atoms with van der Waals surface area (Å²) in [6.45, 7) is 4.60. The topological polar surface area (TPSA) is 50.9 Å². The van der Waals surface area contributed by atoms with Crippen molar-refractivity contribution >= 4 is 5.69 Å². The Labute approximate surface area is 91.1 Å². The minimum atomic E-state index is 0.341. The Morgan fingerprint density at radius 1 is 1.60 bits per heavy atom. The molecule has 3 N–H and O–H groups in total. The molecule has 1 aliphatic rings. The normalized spacial score (nSPS) is 24.9. The fourth-order valence-corrected chi connectivity index (χ4v) is 2.33. The van der Waals surface area contributed by atoms with Crippen molar-refractivity contribution in [3.05, 3.63) is 24.0 Å². The molecule has 2 unspecified atom stereocenters. The molecule has 1 aromatic rings. The fraction of sp³-hybridized carbons (Fsp3) is 0.583. The zero-order valence-electron chi connectivity index (χ0n) is 9.62. The van der Waals surface area contributed by atoms with Gasteiger partial charge in [0, 0.05) is 29.7 Å². The van der Waals surface area contributed by atoms with E-state index in [9.17, 15) is 0 Å². The average molecular weight is 205 g/mol. The number of hydrogen-bond acceptors (Lipinski definition) is 3. The van der Waals surface area contributed by atoms with Crippen LogP contribution >= 0.6 is 0 Å². The first-order valence-electron chi connectivity index (χ1n) is 5.43. The van der Waals surface area contributed by atoms with E-state index in [1.807, 2.05) is 19.3 Å². The number of nitrogens with two attached hydrogens (primary N) is 1. The summed E-state index contributed by atoms with van der Waals surface area (Å²) >= 11 is 0. The van der Waals surface area contributed by atoms with Crippen LogP contribution in [0.2, 0.25) is 0 Å². The molecule has 0 spiro atoms. The lowest BCUT2D eigenvalue weighted by molar-refractivity contribution is 0.441. The Morgan fingerprint density at radius 2 is 2.27 bits per heavy atom. The van der Waals surface area contributed by atoms with Crippen molar-refractivity contribution in [1.29, 1.82) is 0 Å². The molecular formula is C12H19N3. The van der Waals surface area contributed by atoms with Gasteiger partial charge in [-0.2, -0.15) is 0 Å². The van der Waals surface area contributed by atoms with Crippen LogP contribution in [0.15, 0.2) is 18.5 Å². The third-order valence-corrected chi connectivity index (χ3v) is 3.53. The zero-order valence-corrected chi connectivity index (χ0v) is 9.62. The monoisotopic (exact) mass is 205 g/mol. The van der Waals surface area contributed by atoms with Gasteiger partial charge in [0.25, 0.3) is 0 Å². The highest BCUT2D eigenvalue weighted by atomic mass is 14.9. The summed E-state index contributed by atoms with van der Waals surface area (Å²) in [5, 5.41) is 3.36. The van der Waals surface area contributed by atoms with Crippen LogP contribution in [0.1, 0.15) is 31.9 Å². The second-order valence-electron chi connectivity index (χ2n) is 5.07. The predicted molar refractivity (Wildman–Crippen MR) is 62.3 cm³/mol. The Hall–Kier alpha value is -1.09. The summed E-state index contributed by atoms with van der Waals surface area (Å²) in [5.41, 5.74) is 8.39. The molecule has 82 valence electrons. The van der Waals surface area contributed by atoms with Crippen molar-refractivity contribution in [2.45, 2.75) is 26.3 Å². The van der Waals surface area contributed by atoms with E-state index in [4.69, 9.17) is 5.73 Å². The van der Waals surface area contributed by atoms with Gasteiger partial charge in [-0.1, -0.05) is 13.8 Å². The van der Waals surface area contributed by atoms with Crippen molar-refractivity contribution in [2.75, 3.05) is 12.8 Å². The van der Waals surface area contributed by atoms with Crippen LogP contribution in [0.4, 0.5) is 5.69 Å². The first-order chi connectivity index (χ1) is 7.06. The van der Waals surface area contributed by atoms with Gasteiger partial charge in [0.15, 0.2) is 0 Å². The molecule has 0 bridgehead atoms. The van der Waals surface area contributed by atoms with Crippen LogP contribution in [0.3, 0.4) is 0 Å². The Bertz CT molecular complexity index is 360. The third-order valence-electron chi connectivity index (χ3n) is 3.53. The van der Waals surface area contributed by atoms with Gasteiger partial charge in [-0.3, -0.25) is 4.98 Å². The van der Waals surface area contributed by atoms with Gasteiger partial charge in [-0.25, -0.2) is 0 Å². The molecule has 1 fully saturated rings. The summed E-state index contributed by atoms with van der Waals surface area (Å²) in [6.07, 6.45) is 4.88. The number of anilines is 1. The largest absolute Gasteiger partial charge is 0.398 e. The summed E-state index contributed by atoms with van der Waals surface area (Å²) in [4.78, 5) is 4.15. The van der Waals surface area contributed by atoms with Crippen molar-refractivity contribution < 1.29 is 0 Å².